The normalized spacial score (nSPS) is 11.7. The van der Waals surface area contributed by atoms with E-state index in [2.05, 4.69) is 15.3 Å². The maximum absolute atomic E-state index is 12.8. The van der Waals surface area contributed by atoms with Crippen molar-refractivity contribution in [3.63, 3.8) is 0 Å². The molecule has 0 bridgehead atoms. The Bertz CT molecular complexity index is 963. The van der Waals surface area contributed by atoms with E-state index in [1.165, 1.54) is 12.5 Å². The lowest BCUT2D eigenvalue weighted by Crippen LogP contribution is -2.47. The molecule has 0 aliphatic rings. The Labute approximate surface area is 154 Å². The fourth-order valence-electron chi connectivity index (χ4n) is 2.62. The van der Waals surface area contributed by atoms with Gasteiger partial charge in [0, 0.05) is 12.6 Å². The van der Waals surface area contributed by atoms with Gasteiger partial charge in [0.25, 0.3) is 11.8 Å². The second-order valence-electron chi connectivity index (χ2n) is 5.75. The van der Waals surface area contributed by atoms with E-state index in [1.807, 2.05) is 0 Å². The molecule has 3 rings (SSSR count). The van der Waals surface area contributed by atoms with Crippen LogP contribution in [0.1, 0.15) is 22.1 Å². The molecule has 1 unspecified atom stereocenters. The molecule has 138 valence electrons. The maximum Gasteiger partial charge on any atom is 0.287 e. The molecule has 0 aliphatic heterocycles. The highest BCUT2D eigenvalue weighted by Gasteiger charge is 2.28. The summed E-state index contributed by atoms with van der Waals surface area (Å²) in [7, 11) is 0. The van der Waals surface area contributed by atoms with Gasteiger partial charge in [0.2, 0.25) is 5.78 Å². The number of aromatic nitrogens is 3. The first-order chi connectivity index (χ1) is 13.0. The monoisotopic (exact) mass is 367 g/mol. The van der Waals surface area contributed by atoms with Gasteiger partial charge in [-0.05, 0) is 31.2 Å². The molecular formula is C18H17N5O4. The summed E-state index contributed by atoms with van der Waals surface area (Å²) in [6, 6.07) is 7.37. The summed E-state index contributed by atoms with van der Waals surface area (Å²) in [6.07, 6.45) is 4.39. The number of nitrogens with one attached hydrogen (secondary N) is 1. The van der Waals surface area contributed by atoms with Gasteiger partial charge in [-0.25, -0.2) is 9.97 Å². The predicted molar refractivity (Wildman–Crippen MR) is 94.0 cm³/mol. The van der Waals surface area contributed by atoms with E-state index < -0.39 is 23.6 Å². The second kappa shape index (κ2) is 7.65. The molecule has 0 fully saturated rings. The third kappa shape index (κ3) is 3.92. The quantitative estimate of drug-likeness (QED) is 0.586. The number of amides is 2. The zero-order valence-electron chi connectivity index (χ0n) is 14.5. The van der Waals surface area contributed by atoms with E-state index in [0.717, 1.165) is 0 Å². The third-order valence-corrected chi connectivity index (χ3v) is 3.90. The van der Waals surface area contributed by atoms with Crippen LogP contribution in [0.5, 0.6) is 0 Å². The number of pyridine rings is 1. The average Bonchev–Trinajstić information content (AvgIpc) is 3.30. The first kappa shape index (κ1) is 18.1. The van der Waals surface area contributed by atoms with Crippen LogP contribution in [-0.2, 0) is 16.0 Å². The number of Topliss-reactive ketones (excluding diaryl/α,β-unsaturated/α-hetero) is 1. The Hall–Kier alpha value is -3.75. The van der Waals surface area contributed by atoms with Gasteiger partial charge >= 0.3 is 0 Å². The van der Waals surface area contributed by atoms with Crippen LogP contribution in [0, 0.1) is 6.92 Å². The topological polar surface area (TPSA) is 133 Å². The van der Waals surface area contributed by atoms with Crippen molar-refractivity contribution < 1.29 is 18.8 Å². The summed E-state index contributed by atoms with van der Waals surface area (Å²) in [5.74, 6) is -1.16. The lowest BCUT2D eigenvalue weighted by molar-refractivity contribution is -0.137. The molecule has 9 nitrogen and oxygen atoms in total. The number of nitrogens with two attached hydrogens (primary N) is 1. The van der Waals surface area contributed by atoms with Crippen molar-refractivity contribution in [1.82, 2.24) is 19.9 Å². The van der Waals surface area contributed by atoms with E-state index in [0.29, 0.717) is 17.4 Å². The molecule has 0 saturated heterocycles. The van der Waals surface area contributed by atoms with Gasteiger partial charge in [0.15, 0.2) is 0 Å². The van der Waals surface area contributed by atoms with Crippen LogP contribution in [0.15, 0.2) is 53.4 Å². The van der Waals surface area contributed by atoms with Crippen LogP contribution in [-0.4, -0.2) is 38.2 Å². The Kier molecular flexibility index (Phi) is 5.11. The number of ketones is 1. The summed E-state index contributed by atoms with van der Waals surface area (Å²) in [4.78, 5) is 44.6. The lowest BCUT2D eigenvalue weighted by Gasteiger charge is -2.16. The summed E-state index contributed by atoms with van der Waals surface area (Å²) in [5, 5.41) is 2.54. The zero-order valence-corrected chi connectivity index (χ0v) is 14.5. The average molecular weight is 367 g/mol. The number of primary amides is 1. The van der Waals surface area contributed by atoms with Crippen molar-refractivity contribution in [2.24, 2.45) is 5.73 Å². The summed E-state index contributed by atoms with van der Waals surface area (Å²) < 4.78 is 6.74. The molecule has 0 aliphatic carbocycles. The van der Waals surface area contributed by atoms with Gasteiger partial charge in [-0.3, -0.25) is 19.0 Å². The van der Waals surface area contributed by atoms with Crippen molar-refractivity contribution in [2.45, 2.75) is 19.4 Å². The van der Waals surface area contributed by atoms with Gasteiger partial charge in [0.05, 0.1) is 12.5 Å². The Morgan fingerprint density at radius 1 is 1.22 bits per heavy atom. The highest BCUT2D eigenvalue weighted by molar-refractivity contribution is 6.38. The molecule has 0 saturated carbocycles. The van der Waals surface area contributed by atoms with Crippen molar-refractivity contribution in [1.29, 1.82) is 0 Å². The lowest BCUT2D eigenvalue weighted by atomic mass is 10.1. The molecule has 3 heterocycles. The predicted octanol–water partition coefficient (Wildman–Crippen LogP) is 0.564. The van der Waals surface area contributed by atoms with Crippen molar-refractivity contribution in [3.8, 4) is 5.82 Å². The molecule has 0 aromatic carbocycles. The summed E-state index contributed by atoms with van der Waals surface area (Å²) in [5.41, 5.74) is 5.28. The van der Waals surface area contributed by atoms with Crippen LogP contribution in [0.25, 0.3) is 5.82 Å². The smallest absolute Gasteiger partial charge is 0.287 e. The molecule has 0 spiro atoms. The van der Waals surface area contributed by atoms with Crippen molar-refractivity contribution in [2.75, 3.05) is 0 Å². The van der Waals surface area contributed by atoms with Gasteiger partial charge in [-0.15, -0.1) is 0 Å². The number of carbonyl (C=O) groups is 3. The second-order valence-corrected chi connectivity index (χ2v) is 5.75. The minimum Gasteiger partial charge on any atom is -0.469 e. The number of carbonyl (C=O) groups excluding carboxylic acids is 3. The zero-order chi connectivity index (χ0) is 19.4. The van der Waals surface area contributed by atoms with Crippen LogP contribution >= 0.6 is 0 Å². The minimum atomic E-state index is -1.16. The van der Waals surface area contributed by atoms with E-state index >= 15 is 0 Å². The Balaban J connectivity index is 1.88. The molecule has 1 atom stereocenters. The van der Waals surface area contributed by atoms with Crippen LogP contribution in [0.3, 0.4) is 0 Å². The summed E-state index contributed by atoms with van der Waals surface area (Å²) >= 11 is 0. The fourth-order valence-corrected chi connectivity index (χ4v) is 2.62. The molecule has 2 amide bonds. The number of furan rings is 1. The highest BCUT2D eigenvalue weighted by atomic mass is 16.3. The van der Waals surface area contributed by atoms with Crippen molar-refractivity contribution >= 4 is 17.6 Å². The minimum absolute atomic E-state index is 0.00276. The van der Waals surface area contributed by atoms with Gasteiger partial charge in [-0.2, -0.15) is 0 Å². The van der Waals surface area contributed by atoms with Crippen LogP contribution in [0.2, 0.25) is 0 Å². The Morgan fingerprint density at radius 3 is 2.67 bits per heavy atom. The maximum atomic E-state index is 12.8. The molecule has 27 heavy (non-hydrogen) atoms. The number of imidazole rings is 1. The Morgan fingerprint density at radius 2 is 2.04 bits per heavy atom. The van der Waals surface area contributed by atoms with E-state index in [-0.39, 0.29) is 12.1 Å². The highest BCUT2D eigenvalue weighted by Crippen LogP contribution is 2.13. The van der Waals surface area contributed by atoms with Gasteiger partial charge in [-0.1, -0.05) is 6.07 Å². The first-order valence-electron chi connectivity index (χ1n) is 8.10. The SMILES string of the molecule is Cc1ncc(C(=O)NC(Cc2ccco2)C(=O)C(N)=O)n1-c1ccccn1. The number of rotatable bonds is 7. The molecule has 3 aromatic rings. The van der Waals surface area contributed by atoms with Crippen molar-refractivity contribution in [3.05, 3.63) is 66.3 Å². The number of hydrogen-bond acceptors (Lipinski definition) is 6. The largest absolute Gasteiger partial charge is 0.469 e. The fraction of sp³-hybridized carbons (Fsp3) is 0.167. The van der Waals surface area contributed by atoms with E-state index in [9.17, 15) is 14.4 Å². The van der Waals surface area contributed by atoms with E-state index in [4.69, 9.17) is 10.2 Å². The van der Waals surface area contributed by atoms with Gasteiger partial charge in [0.1, 0.15) is 29.1 Å². The third-order valence-electron chi connectivity index (χ3n) is 3.90. The number of hydrogen-bond donors (Lipinski definition) is 2. The first-order valence-corrected chi connectivity index (χ1v) is 8.10. The summed E-state index contributed by atoms with van der Waals surface area (Å²) in [6.45, 7) is 1.72. The van der Waals surface area contributed by atoms with E-state index in [1.54, 1.807) is 48.0 Å². The molecular weight excluding hydrogens is 350 g/mol. The van der Waals surface area contributed by atoms with Gasteiger partial charge < -0.3 is 15.5 Å². The number of nitrogens with zero attached hydrogens (tertiary/aromatic N) is 3. The number of aryl methyl sites for hydroxylation is 1. The molecule has 9 heteroatoms. The standard InChI is InChI=1S/C18H17N5O4/c1-11-21-10-14(23(11)15-6-2-3-7-20-15)18(26)22-13(16(24)17(19)25)9-12-5-4-8-27-12/h2-8,10,13H,9H2,1H3,(H2,19,25)(H,22,26). The van der Waals surface area contributed by atoms with Crippen LogP contribution < -0.4 is 11.1 Å². The molecule has 0 radical (unpaired) electrons. The van der Waals surface area contributed by atoms with Crippen LogP contribution in [0.4, 0.5) is 0 Å². The molecule has 3 aromatic heterocycles. The molecule has 3 N–H and O–H groups in total.